The first-order chi connectivity index (χ1) is 8.49. The van der Waals surface area contributed by atoms with Crippen LogP contribution in [0, 0.1) is 30.3 Å². The first-order valence-electron chi connectivity index (χ1n) is 5.51. The molecule has 0 saturated heterocycles. The monoisotopic (exact) mass is 278 g/mol. The van der Waals surface area contributed by atoms with Gasteiger partial charge in [-0.15, -0.1) is 0 Å². The number of hydrogen-bond acceptors (Lipinski definition) is 3. The molecule has 2 rings (SSSR count). The van der Waals surface area contributed by atoms with Crippen LogP contribution in [0.25, 0.3) is 0 Å². The number of rotatable bonds is 2. The molecule has 1 aromatic heterocycles. The lowest BCUT2D eigenvalue weighted by Crippen LogP contribution is -1.95. The second-order valence-corrected chi connectivity index (χ2v) is 4.98. The molecule has 0 aliphatic heterocycles. The maximum absolute atomic E-state index is 5.06. The third kappa shape index (κ3) is 2.49. The van der Waals surface area contributed by atoms with Crippen LogP contribution in [0.4, 0.5) is 0 Å². The molecule has 0 atom stereocenters. The minimum atomic E-state index is 0.456. The molecule has 0 amide bonds. The van der Waals surface area contributed by atoms with E-state index in [0.717, 1.165) is 5.56 Å². The summed E-state index contributed by atoms with van der Waals surface area (Å²) in [5.41, 5.74) is 4.76. The van der Waals surface area contributed by atoms with Crippen LogP contribution in [-0.4, -0.2) is 21.1 Å². The zero-order valence-electron chi connectivity index (χ0n) is 10.4. The fourth-order valence-corrected chi connectivity index (χ4v) is 2.09. The summed E-state index contributed by atoms with van der Waals surface area (Å²) < 4.78 is 2.40. The van der Waals surface area contributed by atoms with Crippen molar-refractivity contribution in [2.45, 2.75) is 20.8 Å². The molecule has 0 unspecified atom stereocenters. The van der Waals surface area contributed by atoms with Crippen LogP contribution in [0.2, 0.25) is 0 Å². The summed E-state index contributed by atoms with van der Waals surface area (Å²) in [4.78, 5) is 0. The minimum absolute atomic E-state index is 0.456. The molecule has 4 nitrogen and oxygen atoms in total. The predicted molar refractivity (Wildman–Crippen MR) is 78.4 cm³/mol. The highest BCUT2D eigenvalue weighted by Crippen LogP contribution is 2.13. The molecular formula is C12H14N4S2. The van der Waals surface area contributed by atoms with Gasteiger partial charge >= 0.3 is 0 Å². The molecular weight excluding hydrogens is 264 g/mol. The van der Waals surface area contributed by atoms with Crippen LogP contribution in [-0.2, 0) is 0 Å². The van der Waals surface area contributed by atoms with E-state index in [2.05, 4.69) is 48.2 Å². The Morgan fingerprint density at radius 2 is 1.56 bits per heavy atom. The van der Waals surface area contributed by atoms with E-state index in [4.69, 9.17) is 24.4 Å². The van der Waals surface area contributed by atoms with Crippen molar-refractivity contribution < 1.29 is 0 Å². The summed E-state index contributed by atoms with van der Waals surface area (Å²) in [7, 11) is 0. The molecule has 6 heteroatoms. The van der Waals surface area contributed by atoms with Gasteiger partial charge in [0.2, 0.25) is 9.54 Å². The van der Waals surface area contributed by atoms with Crippen molar-refractivity contribution in [3.8, 4) is 0 Å². The molecule has 0 aliphatic rings. The van der Waals surface area contributed by atoms with Crippen LogP contribution in [0.1, 0.15) is 22.3 Å². The van der Waals surface area contributed by atoms with E-state index in [1.54, 1.807) is 6.21 Å². The van der Waals surface area contributed by atoms with Gasteiger partial charge in [0, 0.05) is 0 Å². The molecule has 94 valence electrons. The first-order valence-corrected chi connectivity index (χ1v) is 6.32. The molecule has 2 N–H and O–H groups in total. The Bertz CT molecular complexity index is 691. The van der Waals surface area contributed by atoms with Crippen LogP contribution in [0.5, 0.6) is 0 Å². The molecule has 0 radical (unpaired) electrons. The van der Waals surface area contributed by atoms with Crippen molar-refractivity contribution >= 4 is 30.7 Å². The second-order valence-electron chi connectivity index (χ2n) is 4.21. The van der Waals surface area contributed by atoms with E-state index < -0.39 is 0 Å². The molecule has 18 heavy (non-hydrogen) atoms. The van der Waals surface area contributed by atoms with Gasteiger partial charge in [-0.2, -0.15) is 9.78 Å². The van der Waals surface area contributed by atoms with Gasteiger partial charge in [-0.05, 0) is 73.5 Å². The highest BCUT2D eigenvalue weighted by Gasteiger charge is 2.00. The number of nitrogens with one attached hydrogen (secondary N) is 2. The molecule has 1 heterocycles. The third-order valence-electron chi connectivity index (χ3n) is 2.86. The fourth-order valence-electron chi connectivity index (χ4n) is 1.65. The van der Waals surface area contributed by atoms with Gasteiger partial charge in [0.25, 0.3) is 0 Å². The summed E-state index contributed by atoms with van der Waals surface area (Å²) in [5, 5.41) is 9.77. The molecule has 0 fully saturated rings. The van der Waals surface area contributed by atoms with E-state index in [1.165, 1.54) is 21.4 Å². The summed E-state index contributed by atoms with van der Waals surface area (Å²) in [6, 6.07) is 4.25. The lowest BCUT2D eigenvalue weighted by molar-refractivity contribution is 0.848. The van der Waals surface area contributed by atoms with Crippen LogP contribution < -0.4 is 0 Å². The predicted octanol–water partition coefficient (Wildman–Crippen LogP) is 3.41. The van der Waals surface area contributed by atoms with E-state index in [0.29, 0.717) is 9.54 Å². The zero-order valence-corrected chi connectivity index (χ0v) is 12.1. The van der Waals surface area contributed by atoms with Crippen molar-refractivity contribution in [2.24, 2.45) is 5.10 Å². The summed E-state index contributed by atoms with van der Waals surface area (Å²) in [6.07, 6.45) is 1.77. The van der Waals surface area contributed by atoms with E-state index in [9.17, 15) is 0 Å². The van der Waals surface area contributed by atoms with Gasteiger partial charge in [0.15, 0.2) is 0 Å². The Kier molecular flexibility index (Phi) is 3.58. The normalized spacial score (nSPS) is 11.3. The largest absolute Gasteiger partial charge is 0.273 e. The molecule has 2 aromatic rings. The van der Waals surface area contributed by atoms with Crippen molar-refractivity contribution in [1.29, 1.82) is 0 Å². The zero-order chi connectivity index (χ0) is 13.3. The number of aryl methyl sites for hydroxylation is 3. The Labute approximate surface area is 115 Å². The van der Waals surface area contributed by atoms with Crippen LogP contribution in [0.3, 0.4) is 0 Å². The number of nitrogens with zero attached hydrogens (tertiary/aromatic N) is 2. The highest BCUT2D eigenvalue weighted by atomic mass is 32.1. The van der Waals surface area contributed by atoms with Crippen LogP contribution >= 0.6 is 24.4 Å². The average molecular weight is 278 g/mol. The maximum Gasteiger partial charge on any atom is 0.215 e. The fraction of sp³-hybridized carbons (Fsp3) is 0.250. The lowest BCUT2D eigenvalue weighted by atomic mass is 10.0. The van der Waals surface area contributed by atoms with E-state index >= 15 is 0 Å². The van der Waals surface area contributed by atoms with E-state index in [-0.39, 0.29) is 0 Å². The lowest BCUT2D eigenvalue weighted by Gasteiger charge is -2.05. The molecule has 0 bridgehead atoms. The van der Waals surface area contributed by atoms with Crippen LogP contribution in [0.15, 0.2) is 17.2 Å². The number of benzene rings is 1. The number of aromatic nitrogens is 3. The molecule has 0 spiro atoms. The van der Waals surface area contributed by atoms with Gasteiger partial charge in [0.05, 0.1) is 6.21 Å². The van der Waals surface area contributed by atoms with Crippen molar-refractivity contribution in [3.63, 3.8) is 0 Å². The van der Waals surface area contributed by atoms with Gasteiger partial charge in [-0.3, -0.25) is 10.2 Å². The standard InChI is InChI=1S/C12H14N4S2/c1-7-4-9(3)10(5-8(7)2)6-13-16-11(17)14-15-12(16)18/h4-6H,1-3H3,(H,14,17)(H,15,18)/b13-6-. The number of aromatic amines is 2. The van der Waals surface area contributed by atoms with Gasteiger partial charge in [-0.25, -0.2) is 0 Å². The van der Waals surface area contributed by atoms with Gasteiger partial charge in [0.1, 0.15) is 0 Å². The third-order valence-corrected chi connectivity index (χ3v) is 3.41. The van der Waals surface area contributed by atoms with Crippen molar-refractivity contribution in [2.75, 3.05) is 0 Å². The SMILES string of the molecule is Cc1cc(C)c(/C=N\n2c(=S)[nH][nH]c2=S)cc1C. The summed E-state index contributed by atoms with van der Waals surface area (Å²) >= 11 is 10.1. The maximum atomic E-state index is 5.06. The van der Waals surface area contributed by atoms with Crippen molar-refractivity contribution in [1.82, 2.24) is 14.9 Å². The Balaban J connectivity index is 2.44. The Hall–Kier alpha value is -1.53. The molecule has 0 saturated carbocycles. The topological polar surface area (TPSA) is 48.9 Å². The first kappa shape index (κ1) is 12.9. The molecule has 1 aromatic carbocycles. The minimum Gasteiger partial charge on any atom is -0.273 e. The summed E-state index contributed by atoms with van der Waals surface area (Å²) in [6.45, 7) is 6.24. The number of H-pyrrole nitrogens is 2. The highest BCUT2D eigenvalue weighted by molar-refractivity contribution is 7.72. The summed E-state index contributed by atoms with van der Waals surface area (Å²) in [5.74, 6) is 0. The second kappa shape index (κ2) is 4.99. The average Bonchev–Trinajstić information content (AvgIpc) is 2.62. The van der Waals surface area contributed by atoms with Crippen molar-refractivity contribution in [3.05, 3.63) is 43.9 Å². The van der Waals surface area contributed by atoms with E-state index in [1.807, 2.05) is 0 Å². The molecule has 0 aliphatic carbocycles. The smallest absolute Gasteiger partial charge is 0.215 e. The quantitative estimate of drug-likeness (QED) is 0.653. The Morgan fingerprint density at radius 1 is 1.00 bits per heavy atom. The van der Waals surface area contributed by atoms with Gasteiger partial charge in [-0.1, -0.05) is 6.07 Å². The number of hydrogen-bond donors (Lipinski definition) is 2. The van der Waals surface area contributed by atoms with Gasteiger partial charge < -0.3 is 0 Å². The Morgan fingerprint density at radius 3 is 2.17 bits per heavy atom.